The molecule has 0 fully saturated rings. The minimum Gasteiger partial charge on any atom is -0.335 e. The smallest absolute Gasteiger partial charge is 0.177 e. The Morgan fingerprint density at radius 2 is 2.04 bits per heavy atom. The van der Waals surface area contributed by atoms with Crippen molar-refractivity contribution < 1.29 is 4.39 Å². The van der Waals surface area contributed by atoms with Gasteiger partial charge in [0.25, 0.3) is 0 Å². The Labute approximate surface area is 150 Å². The number of aromatic nitrogens is 6. The van der Waals surface area contributed by atoms with Crippen LogP contribution < -0.4 is 0 Å². The number of rotatable bonds is 4. The predicted octanol–water partition coefficient (Wildman–Crippen LogP) is 4.01. The molecule has 0 saturated heterocycles. The third kappa shape index (κ3) is 2.69. The van der Waals surface area contributed by atoms with Gasteiger partial charge in [-0.25, -0.2) is 14.1 Å². The molecule has 4 rings (SSSR count). The lowest BCUT2D eigenvalue weighted by molar-refractivity contribution is 0.516. The molecule has 4 aromatic rings. The average Bonchev–Trinajstić information content (AvgIpc) is 3.22. The van der Waals surface area contributed by atoms with Crippen LogP contribution in [-0.2, 0) is 6.54 Å². The van der Waals surface area contributed by atoms with E-state index < -0.39 is 0 Å². The summed E-state index contributed by atoms with van der Waals surface area (Å²) in [6.45, 7) is 8.74. The molecule has 1 N–H and O–H groups in total. The van der Waals surface area contributed by atoms with Gasteiger partial charge in [0, 0.05) is 11.7 Å². The molecule has 0 spiro atoms. The van der Waals surface area contributed by atoms with Crippen LogP contribution in [-0.4, -0.2) is 29.5 Å². The first-order chi connectivity index (χ1) is 12.4. The molecule has 26 heavy (non-hydrogen) atoms. The maximum absolute atomic E-state index is 13.4. The summed E-state index contributed by atoms with van der Waals surface area (Å²) >= 11 is 0. The van der Waals surface area contributed by atoms with Crippen molar-refractivity contribution in [3.05, 3.63) is 53.2 Å². The molecule has 0 atom stereocenters. The number of aromatic amines is 1. The lowest BCUT2D eigenvalue weighted by Gasteiger charge is -2.07. The van der Waals surface area contributed by atoms with E-state index in [0.717, 1.165) is 39.5 Å². The van der Waals surface area contributed by atoms with Crippen molar-refractivity contribution in [2.75, 3.05) is 0 Å². The Balaban J connectivity index is 1.75. The first-order valence-corrected chi connectivity index (χ1v) is 8.66. The number of hydrogen-bond acceptors (Lipinski definition) is 3. The number of aryl methyl sites for hydroxylation is 1. The van der Waals surface area contributed by atoms with Crippen molar-refractivity contribution in [3.63, 3.8) is 0 Å². The van der Waals surface area contributed by atoms with Crippen molar-refractivity contribution >= 4 is 11.2 Å². The monoisotopic (exact) mass is 352 g/mol. The molecule has 0 saturated carbocycles. The quantitative estimate of drug-likeness (QED) is 0.603. The summed E-state index contributed by atoms with van der Waals surface area (Å²) in [5, 5.41) is 9.01. The summed E-state index contributed by atoms with van der Waals surface area (Å²) in [4.78, 5) is 8.10. The second-order valence-electron chi connectivity index (χ2n) is 6.84. The van der Waals surface area contributed by atoms with Crippen molar-refractivity contribution in [3.8, 4) is 11.4 Å². The van der Waals surface area contributed by atoms with E-state index in [0.29, 0.717) is 6.54 Å². The summed E-state index contributed by atoms with van der Waals surface area (Å²) in [6.07, 6.45) is 1.75. The molecule has 6 nitrogen and oxygen atoms in total. The molecule has 0 aliphatic heterocycles. The number of imidazole rings is 1. The molecule has 1 aromatic carbocycles. The molecular formula is C19H21FN6. The van der Waals surface area contributed by atoms with E-state index in [1.807, 2.05) is 17.7 Å². The van der Waals surface area contributed by atoms with Gasteiger partial charge in [0.05, 0.1) is 24.0 Å². The van der Waals surface area contributed by atoms with E-state index in [-0.39, 0.29) is 11.9 Å². The normalized spacial score (nSPS) is 11.8. The molecule has 0 bridgehead atoms. The van der Waals surface area contributed by atoms with Gasteiger partial charge in [0.1, 0.15) is 17.2 Å². The molecule has 3 heterocycles. The van der Waals surface area contributed by atoms with Gasteiger partial charge >= 0.3 is 0 Å². The Morgan fingerprint density at radius 1 is 1.23 bits per heavy atom. The number of nitrogens with one attached hydrogen (secondary N) is 1. The van der Waals surface area contributed by atoms with Crippen LogP contribution in [0.5, 0.6) is 0 Å². The molecule has 0 aliphatic rings. The van der Waals surface area contributed by atoms with Gasteiger partial charge in [-0.05, 0) is 45.4 Å². The zero-order valence-electron chi connectivity index (χ0n) is 15.3. The molecule has 0 unspecified atom stereocenters. The summed E-state index contributed by atoms with van der Waals surface area (Å²) in [6, 6.07) is 6.82. The largest absolute Gasteiger partial charge is 0.335 e. The summed E-state index contributed by atoms with van der Waals surface area (Å²) in [5.41, 5.74) is 5.50. The number of hydrogen-bond donors (Lipinski definition) is 1. The van der Waals surface area contributed by atoms with Gasteiger partial charge < -0.3 is 4.98 Å². The van der Waals surface area contributed by atoms with Crippen LogP contribution in [0.15, 0.2) is 30.5 Å². The topological polar surface area (TPSA) is 64.3 Å². The highest BCUT2D eigenvalue weighted by Gasteiger charge is 2.19. The van der Waals surface area contributed by atoms with Crippen LogP contribution in [0.1, 0.15) is 36.8 Å². The number of halogens is 1. The Kier molecular flexibility index (Phi) is 3.86. The highest BCUT2D eigenvalue weighted by Crippen LogP contribution is 2.28. The van der Waals surface area contributed by atoms with E-state index in [4.69, 9.17) is 4.98 Å². The molecule has 0 radical (unpaired) electrons. The van der Waals surface area contributed by atoms with Crippen LogP contribution in [0, 0.1) is 19.7 Å². The first kappa shape index (κ1) is 16.5. The second kappa shape index (κ2) is 6.09. The average molecular weight is 352 g/mol. The minimum absolute atomic E-state index is 0.249. The van der Waals surface area contributed by atoms with E-state index >= 15 is 0 Å². The number of fused-ring (bicyclic) bond motifs is 1. The number of nitrogens with zero attached hydrogens (tertiary/aromatic N) is 5. The van der Waals surface area contributed by atoms with Crippen LogP contribution in [0.2, 0.25) is 0 Å². The van der Waals surface area contributed by atoms with Crippen LogP contribution >= 0.6 is 0 Å². The number of H-pyrrole nitrogens is 1. The fourth-order valence-electron chi connectivity index (χ4n) is 3.40. The van der Waals surface area contributed by atoms with Gasteiger partial charge in [-0.15, -0.1) is 0 Å². The van der Waals surface area contributed by atoms with Crippen molar-refractivity contribution in [2.24, 2.45) is 0 Å². The fraction of sp³-hybridized carbons (Fsp3) is 0.316. The lowest BCUT2D eigenvalue weighted by Crippen LogP contribution is -2.05. The zero-order valence-corrected chi connectivity index (χ0v) is 15.3. The van der Waals surface area contributed by atoms with Crippen molar-refractivity contribution in [1.29, 1.82) is 0 Å². The molecular weight excluding hydrogens is 331 g/mol. The molecule has 0 aliphatic carbocycles. The predicted molar refractivity (Wildman–Crippen MR) is 98.5 cm³/mol. The minimum atomic E-state index is -0.249. The molecule has 0 amide bonds. The van der Waals surface area contributed by atoms with Gasteiger partial charge in [0.15, 0.2) is 5.65 Å². The first-order valence-electron chi connectivity index (χ1n) is 8.66. The van der Waals surface area contributed by atoms with Gasteiger partial charge in [-0.2, -0.15) is 10.2 Å². The maximum atomic E-state index is 13.4. The van der Waals surface area contributed by atoms with Crippen LogP contribution in [0.3, 0.4) is 0 Å². The molecule has 134 valence electrons. The third-order valence-corrected chi connectivity index (χ3v) is 4.55. The second-order valence-corrected chi connectivity index (χ2v) is 6.84. The summed E-state index contributed by atoms with van der Waals surface area (Å²) in [7, 11) is 0. The summed E-state index contributed by atoms with van der Waals surface area (Å²) in [5.74, 6) is 0.535. The Morgan fingerprint density at radius 3 is 2.73 bits per heavy atom. The van der Waals surface area contributed by atoms with Gasteiger partial charge in [-0.3, -0.25) is 4.68 Å². The maximum Gasteiger partial charge on any atom is 0.177 e. The zero-order chi connectivity index (χ0) is 18.4. The summed E-state index contributed by atoms with van der Waals surface area (Å²) < 4.78 is 17.2. The van der Waals surface area contributed by atoms with Crippen LogP contribution in [0.25, 0.3) is 22.6 Å². The van der Waals surface area contributed by atoms with E-state index in [2.05, 4.69) is 36.0 Å². The Bertz CT molecular complexity index is 1090. The van der Waals surface area contributed by atoms with Crippen molar-refractivity contribution in [2.45, 2.75) is 40.3 Å². The highest BCUT2D eigenvalue weighted by molar-refractivity contribution is 5.77. The van der Waals surface area contributed by atoms with E-state index in [9.17, 15) is 4.39 Å². The lowest BCUT2D eigenvalue weighted by atomic mass is 10.2. The van der Waals surface area contributed by atoms with E-state index in [1.54, 1.807) is 16.9 Å². The van der Waals surface area contributed by atoms with Gasteiger partial charge in [0.2, 0.25) is 0 Å². The molecule has 3 aromatic heterocycles. The standard InChI is InChI=1S/C19H21FN6/c1-11(2)26-13(4)17(12(3)24-26)18-22-16-9-21-25(19(16)23-18)10-14-6-5-7-15(20)8-14/h5-9,11H,10H2,1-4H3,(H,22,23). The Hall–Kier alpha value is -2.96. The SMILES string of the molecule is Cc1nn(C(C)C)c(C)c1-c1nc2c(cnn2Cc2cccc(F)c2)[nH]1. The number of benzene rings is 1. The molecule has 7 heteroatoms. The third-order valence-electron chi connectivity index (χ3n) is 4.55. The van der Waals surface area contributed by atoms with E-state index in [1.165, 1.54) is 12.1 Å². The fourth-order valence-corrected chi connectivity index (χ4v) is 3.40. The highest BCUT2D eigenvalue weighted by atomic mass is 19.1. The van der Waals surface area contributed by atoms with Crippen molar-refractivity contribution in [1.82, 2.24) is 29.5 Å². The van der Waals surface area contributed by atoms with Crippen LogP contribution in [0.4, 0.5) is 4.39 Å². The van der Waals surface area contributed by atoms with Gasteiger partial charge in [-0.1, -0.05) is 12.1 Å².